The molecule has 0 amide bonds. The molecule has 0 saturated carbocycles. The van der Waals surface area contributed by atoms with E-state index in [9.17, 15) is 18.6 Å². The summed E-state index contributed by atoms with van der Waals surface area (Å²) in [6.07, 6.45) is -2.61. The quantitative estimate of drug-likeness (QED) is 0.462. The van der Waals surface area contributed by atoms with Crippen molar-refractivity contribution in [2.45, 2.75) is 17.1 Å². The van der Waals surface area contributed by atoms with Crippen LogP contribution in [0.2, 0.25) is 0 Å². The minimum Gasteiger partial charge on any atom is -0.389 e. The normalized spacial score (nSPS) is 15.8. The standard InChI is InChI=1S/C9H12O5S2/c10-7(5-15)9(11)6-3-1-2-4-8(6)16(12,13)14/h1-4,7,9-11,15H,5H2,(H,12,13,14). The van der Waals surface area contributed by atoms with Gasteiger partial charge in [0.15, 0.2) is 0 Å². The highest BCUT2D eigenvalue weighted by Crippen LogP contribution is 2.24. The molecule has 2 atom stereocenters. The Kier molecular flexibility index (Phi) is 4.34. The molecule has 1 aromatic carbocycles. The van der Waals surface area contributed by atoms with Crippen molar-refractivity contribution >= 4 is 22.7 Å². The van der Waals surface area contributed by atoms with Gasteiger partial charge in [0.2, 0.25) is 0 Å². The Labute approximate surface area is 98.9 Å². The maximum absolute atomic E-state index is 11.0. The summed E-state index contributed by atoms with van der Waals surface area (Å²) >= 11 is 3.79. The van der Waals surface area contributed by atoms with Crippen molar-refractivity contribution in [3.05, 3.63) is 29.8 Å². The Balaban J connectivity index is 3.24. The van der Waals surface area contributed by atoms with Gasteiger partial charge in [0.1, 0.15) is 6.10 Å². The van der Waals surface area contributed by atoms with Gasteiger partial charge in [0.05, 0.1) is 11.0 Å². The molecule has 0 aliphatic heterocycles. The number of rotatable bonds is 4. The highest BCUT2D eigenvalue weighted by Gasteiger charge is 2.24. The zero-order chi connectivity index (χ0) is 12.3. The first kappa shape index (κ1) is 13.5. The van der Waals surface area contributed by atoms with Crippen LogP contribution in [0.1, 0.15) is 11.7 Å². The first-order valence-electron chi connectivity index (χ1n) is 4.41. The maximum Gasteiger partial charge on any atom is 0.294 e. The van der Waals surface area contributed by atoms with E-state index in [1.54, 1.807) is 0 Å². The molecule has 0 radical (unpaired) electrons. The maximum atomic E-state index is 11.0. The molecule has 0 aliphatic carbocycles. The van der Waals surface area contributed by atoms with E-state index in [1.807, 2.05) is 0 Å². The summed E-state index contributed by atoms with van der Waals surface area (Å²) in [6.45, 7) is 0. The van der Waals surface area contributed by atoms with Gasteiger partial charge in [-0.3, -0.25) is 4.55 Å². The molecule has 5 nitrogen and oxygen atoms in total. The molecule has 0 fully saturated rings. The summed E-state index contributed by atoms with van der Waals surface area (Å²) in [7, 11) is -4.42. The van der Waals surface area contributed by atoms with Crippen LogP contribution < -0.4 is 0 Å². The van der Waals surface area contributed by atoms with Gasteiger partial charge >= 0.3 is 0 Å². The van der Waals surface area contributed by atoms with Crippen LogP contribution >= 0.6 is 12.6 Å². The monoisotopic (exact) mass is 264 g/mol. The van der Waals surface area contributed by atoms with Gasteiger partial charge < -0.3 is 10.2 Å². The SMILES string of the molecule is O=S(=O)(O)c1ccccc1C(O)C(O)CS. The number of hydrogen-bond donors (Lipinski definition) is 4. The van der Waals surface area contributed by atoms with Crippen LogP contribution in [-0.2, 0) is 10.1 Å². The summed E-state index contributed by atoms with van der Waals surface area (Å²) in [5, 5.41) is 19.0. The lowest BCUT2D eigenvalue weighted by atomic mass is 10.1. The molecule has 3 N–H and O–H groups in total. The minimum absolute atomic E-state index is 0.0268. The minimum atomic E-state index is -4.42. The molecule has 1 aromatic rings. The smallest absolute Gasteiger partial charge is 0.294 e. The van der Waals surface area contributed by atoms with E-state index in [4.69, 9.17) is 4.55 Å². The largest absolute Gasteiger partial charge is 0.389 e. The zero-order valence-corrected chi connectivity index (χ0v) is 9.90. The third-order valence-electron chi connectivity index (χ3n) is 2.07. The summed E-state index contributed by atoms with van der Waals surface area (Å²) in [6, 6.07) is 5.38. The molecule has 1 rings (SSSR count). The van der Waals surface area contributed by atoms with E-state index in [1.165, 1.54) is 18.2 Å². The molecule has 0 aliphatic rings. The molecule has 0 saturated heterocycles. The fourth-order valence-corrected chi connectivity index (χ4v) is 2.20. The third-order valence-corrected chi connectivity index (χ3v) is 3.37. The first-order chi connectivity index (χ1) is 7.38. The van der Waals surface area contributed by atoms with Gasteiger partial charge in [-0.15, -0.1) is 0 Å². The molecule has 0 aromatic heterocycles. The van der Waals surface area contributed by atoms with E-state index in [2.05, 4.69) is 12.6 Å². The van der Waals surface area contributed by atoms with E-state index >= 15 is 0 Å². The van der Waals surface area contributed by atoms with Gasteiger partial charge in [0.25, 0.3) is 10.1 Å². The number of hydrogen-bond acceptors (Lipinski definition) is 5. The fraction of sp³-hybridized carbons (Fsp3) is 0.333. The summed E-state index contributed by atoms with van der Waals surface area (Å²) in [5.41, 5.74) is -0.0495. The van der Waals surface area contributed by atoms with Gasteiger partial charge in [-0.05, 0) is 6.07 Å². The van der Waals surface area contributed by atoms with Crippen molar-refractivity contribution in [2.24, 2.45) is 0 Å². The molecular weight excluding hydrogens is 252 g/mol. The van der Waals surface area contributed by atoms with Crippen molar-refractivity contribution in [2.75, 3.05) is 5.75 Å². The second-order valence-corrected chi connectivity index (χ2v) is 4.96. The second-order valence-electron chi connectivity index (χ2n) is 3.21. The topological polar surface area (TPSA) is 94.8 Å². The van der Waals surface area contributed by atoms with Crippen molar-refractivity contribution in [3.63, 3.8) is 0 Å². The van der Waals surface area contributed by atoms with Gasteiger partial charge in [-0.2, -0.15) is 21.0 Å². The average molecular weight is 264 g/mol. The van der Waals surface area contributed by atoms with Crippen LogP contribution in [0.15, 0.2) is 29.2 Å². The van der Waals surface area contributed by atoms with Crippen molar-refractivity contribution < 1.29 is 23.2 Å². The summed E-state index contributed by atoms with van der Waals surface area (Å²) in [5.74, 6) is -0.0268. The lowest BCUT2D eigenvalue weighted by Crippen LogP contribution is -2.21. The third kappa shape index (κ3) is 2.96. The number of thiol groups is 1. The summed E-state index contributed by atoms with van der Waals surface area (Å²) in [4.78, 5) is -0.414. The lowest BCUT2D eigenvalue weighted by Gasteiger charge is -2.18. The van der Waals surface area contributed by atoms with Crippen LogP contribution in [0.5, 0.6) is 0 Å². The van der Waals surface area contributed by atoms with Crippen LogP contribution in [0.4, 0.5) is 0 Å². The Hall–Kier alpha value is -0.600. The predicted octanol–water partition coefficient (Wildman–Crippen LogP) is 0.257. The van der Waals surface area contributed by atoms with Crippen LogP contribution in [0, 0.1) is 0 Å². The van der Waals surface area contributed by atoms with Crippen molar-refractivity contribution in [3.8, 4) is 0 Å². The van der Waals surface area contributed by atoms with E-state index in [0.717, 1.165) is 6.07 Å². The van der Waals surface area contributed by atoms with Crippen LogP contribution in [-0.4, -0.2) is 35.0 Å². The Morgan fingerprint density at radius 2 is 1.81 bits per heavy atom. The molecule has 0 heterocycles. The number of benzene rings is 1. The van der Waals surface area contributed by atoms with Crippen LogP contribution in [0.3, 0.4) is 0 Å². The van der Waals surface area contributed by atoms with Crippen molar-refractivity contribution in [1.29, 1.82) is 0 Å². The molecular formula is C9H12O5S2. The zero-order valence-electron chi connectivity index (χ0n) is 8.18. The molecule has 0 spiro atoms. The summed E-state index contributed by atoms with van der Waals surface area (Å²) < 4.78 is 31.0. The predicted molar refractivity (Wildman–Crippen MR) is 61.1 cm³/mol. The highest BCUT2D eigenvalue weighted by molar-refractivity contribution is 7.85. The first-order valence-corrected chi connectivity index (χ1v) is 6.48. The molecule has 90 valence electrons. The Morgan fingerprint density at radius 3 is 2.31 bits per heavy atom. The second kappa shape index (κ2) is 5.15. The van der Waals surface area contributed by atoms with Crippen molar-refractivity contribution in [1.82, 2.24) is 0 Å². The molecule has 2 unspecified atom stereocenters. The van der Waals surface area contributed by atoms with Crippen LogP contribution in [0.25, 0.3) is 0 Å². The molecule has 0 bridgehead atoms. The van der Waals surface area contributed by atoms with Gasteiger partial charge in [-0.25, -0.2) is 0 Å². The average Bonchev–Trinajstić information content (AvgIpc) is 2.26. The van der Waals surface area contributed by atoms with E-state index in [-0.39, 0.29) is 11.3 Å². The van der Waals surface area contributed by atoms with Gasteiger partial charge in [-0.1, -0.05) is 18.2 Å². The van der Waals surface area contributed by atoms with E-state index in [0.29, 0.717) is 0 Å². The number of aliphatic hydroxyl groups is 2. The Bertz CT molecular complexity index is 457. The lowest BCUT2D eigenvalue weighted by molar-refractivity contribution is 0.0319. The molecule has 7 heteroatoms. The number of aliphatic hydroxyl groups excluding tert-OH is 2. The highest BCUT2D eigenvalue weighted by atomic mass is 32.2. The Morgan fingerprint density at radius 1 is 1.25 bits per heavy atom. The van der Waals surface area contributed by atoms with Gasteiger partial charge in [0, 0.05) is 11.3 Å². The molecule has 16 heavy (non-hydrogen) atoms. The fourth-order valence-electron chi connectivity index (χ4n) is 1.27. The van der Waals surface area contributed by atoms with E-state index < -0.39 is 27.2 Å².